The number of carboxylic acid groups (broad SMARTS) is 1. The number of aromatic carboxylic acids is 1. The van der Waals surface area contributed by atoms with Crippen LogP contribution in [-0.2, 0) is 13.0 Å². The number of aromatic nitrogens is 1. The fourth-order valence-corrected chi connectivity index (χ4v) is 2.73. The third kappa shape index (κ3) is 2.95. The molecule has 0 radical (unpaired) electrons. The third-order valence-electron chi connectivity index (χ3n) is 3.91. The van der Waals surface area contributed by atoms with Gasteiger partial charge in [0.05, 0.1) is 11.1 Å². The summed E-state index contributed by atoms with van der Waals surface area (Å²) in [5, 5.41) is 19.6. The van der Waals surface area contributed by atoms with Crippen molar-refractivity contribution in [1.82, 2.24) is 4.57 Å². The maximum atomic E-state index is 11.7. The second kappa shape index (κ2) is 6.31. The highest BCUT2D eigenvalue weighted by Crippen LogP contribution is 2.30. The Bertz CT molecular complexity index is 656. The average Bonchev–Trinajstić information content (AvgIpc) is 2.81. The molecular weight excluding hydrogens is 266 g/mol. The van der Waals surface area contributed by atoms with Crippen LogP contribution in [0.15, 0.2) is 18.3 Å². The van der Waals surface area contributed by atoms with Crippen LogP contribution < -0.4 is 0 Å². The summed E-state index contributed by atoms with van der Waals surface area (Å²) in [6.07, 6.45) is 3.51. The summed E-state index contributed by atoms with van der Waals surface area (Å²) < 4.78 is 1.97. The Morgan fingerprint density at radius 1 is 1.33 bits per heavy atom. The molecule has 2 rings (SSSR count). The van der Waals surface area contributed by atoms with Gasteiger partial charge in [-0.25, -0.2) is 4.79 Å². The van der Waals surface area contributed by atoms with Gasteiger partial charge < -0.3 is 14.8 Å². The minimum Gasteiger partial charge on any atom is -0.478 e. The fourth-order valence-electron chi connectivity index (χ4n) is 2.73. The van der Waals surface area contributed by atoms with Crippen LogP contribution in [0.2, 0.25) is 0 Å². The molecule has 0 spiro atoms. The van der Waals surface area contributed by atoms with Crippen LogP contribution in [0.1, 0.15) is 54.6 Å². The van der Waals surface area contributed by atoms with Gasteiger partial charge in [-0.3, -0.25) is 0 Å². The van der Waals surface area contributed by atoms with Gasteiger partial charge in [0.1, 0.15) is 0 Å². The molecular formula is C17H23NO3. The van der Waals surface area contributed by atoms with E-state index in [1.54, 1.807) is 6.07 Å². The Hall–Kier alpha value is -1.81. The number of aliphatic hydroxyl groups is 1. The quantitative estimate of drug-likeness (QED) is 0.856. The molecule has 0 fully saturated rings. The van der Waals surface area contributed by atoms with Gasteiger partial charge in [0.15, 0.2) is 0 Å². The highest BCUT2D eigenvalue weighted by atomic mass is 16.4. The lowest BCUT2D eigenvalue weighted by atomic mass is 9.96. The van der Waals surface area contributed by atoms with Crippen LogP contribution >= 0.6 is 0 Å². The van der Waals surface area contributed by atoms with Crippen molar-refractivity contribution >= 4 is 16.9 Å². The molecule has 21 heavy (non-hydrogen) atoms. The van der Waals surface area contributed by atoms with E-state index in [9.17, 15) is 9.90 Å². The molecule has 1 heterocycles. The van der Waals surface area contributed by atoms with Crippen molar-refractivity contribution in [1.29, 1.82) is 0 Å². The van der Waals surface area contributed by atoms with Crippen molar-refractivity contribution in [3.05, 3.63) is 35.0 Å². The van der Waals surface area contributed by atoms with Gasteiger partial charge in [-0.2, -0.15) is 0 Å². The number of hydrogen-bond donors (Lipinski definition) is 2. The Morgan fingerprint density at radius 2 is 2.05 bits per heavy atom. The molecule has 114 valence electrons. The van der Waals surface area contributed by atoms with Crippen LogP contribution in [0.25, 0.3) is 10.9 Å². The number of fused-ring (bicyclic) bond motifs is 1. The first-order valence-corrected chi connectivity index (χ1v) is 7.49. The second-order valence-corrected chi connectivity index (χ2v) is 5.70. The van der Waals surface area contributed by atoms with E-state index < -0.39 is 5.97 Å². The third-order valence-corrected chi connectivity index (χ3v) is 3.91. The Kier molecular flexibility index (Phi) is 4.68. The normalized spacial score (nSPS) is 11.5. The first-order valence-electron chi connectivity index (χ1n) is 7.49. The Labute approximate surface area is 125 Å². The van der Waals surface area contributed by atoms with Gasteiger partial charge in [0.2, 0.25) is 0 Å². The van der Waals surface area contributed by atoms with Crippen molar-refractivity contribution in [2.75, 3.05) is 6.61 Å². The van der Waals surface area contributed by atoms with Gasteiger partial charge >= 0.3 is 5.97 Å². The van der Waals surface area contributed by atoms with Crippen LogP contribution in [0.4, 0.5) is 0 Å². The van der Waals surface area contributed by atoms with E-state index >= 15 is 0 Å². The predicted octanol–water partition coefficient (Wildman–Crippen LogP) is 3.41. The van der Waals surface area contributed by atoms with Gasteiger partial charge in [0.25, 0.3) is 0 Å². The van der Waals surface area contributed by atoms with Crippen LogP contribution in [-0.4, -0.2) is 27.4 Å². The molecule has 0 amide bonds. The van der Waals surface area contributed by atoms with E-state index in [1.165, 1.54) is 0 Å². The minimum atomic E-state index is -0.895. The molecule has 0 bridgehead atoms. The number of benzene rings is 1. The van der Waals surface area contributed by atoms with E-state index in [-0.39, 0.29) is 12.5 Å². The SMILES string of the molecule is CCc1cn(CCCO)c2c(C(=O)O)cc(C(C)C)cc12. The standard InChI is InChI=1S/C17H23NO3/c1-4-12-10-18(6-5-7-19)16-14(12)8-13(11(2)3)9-15(16)17(20)21/h8-11,19H,4-7H2,1-3H3,(H,20,21). The molecule has 0 atom stereocenters. The van der Waals surface area contributed by atoms with Gasteiger partial charge in [-0.1, -0.05) is 20.8 Å². The fraction of sp³-hybridized carbons (Fsp3) is 0.471. The number of aliphatic hydroxyl groups excluding tert-OH is 1. The van der Waals surface area contributed by atoms with Gasteiger partial charge in [-0.05, 0) is 42.0 Å². The monoisotopic (exact) mass is 289 g/mol. The number of carboxylic acids is 1. The zero-order valence-electron chi connectivity index (χ0n) is 12.9. The van der Waals surface area contributed by atoms with Crippen LogP contribution in [0.3, 0.4) is 0 Å². The smallest absolute Gasteiger partial charge is 0.337 e. The summed E-state index contributed by atoms with van der Waals surface area (Å²) >= 11 is 0. The summed E-state index contributed by atoms with van der Waals surface area (Å²) in [6, 6.07) is 3.89. The molecule has 1 aromatic heterocycles. The van der Waals surface area contributed by atoms with Gasteiger partial charge in [0, 0.05) is 24.7 Å². The largest absolute Gasteiger partial charge is 0.478 e. The summed E-state index contributed by atoms with van der Waals surface area (Å²) in [5.41, 5.74) is 3.34. The molecule has 4 heteroatoms. The van der Waals surface area contributed by atoms with Crippen LogP contribution in [0, 0.1) is 0 Å². The average molecular weight is 289 g/mol. The topological polar surface area (TPSA) is 62.5 Å². The zero-order valence-corrected chi connectivity index (χ0v) is 12.9. The van der Waals surface area contributed by atoms with Crippen molar-refractivity contribution in [2.24, 2.45) is 0 Å². The lowest BCUT2D eigenvalue weighted by Gasteiger charge is -2.11. The molecule has 0 saturated carbocycles. The van der Waals surface area contributed by atoms with Gasteiger partial charge in [-0.15, -0.1) is 0 Å². The number of rotatable bonds is 6. The van der Waals surface area contributed by atoms with E-state index in [2.05, 4.69) is 26.8 Å². The molecule has 0 unspecified atom stereocenters. The van der Waals surface area contributed by atoms with Crippen molar-refractivity contribution in [3.8, 4) is 0 Å². The Balaban J connectivity index is 2.74. The van der Waals surface area contributed by atoms with Crippen molar-refractivity contribution in [3.63, 3.8) is 0 Å². The van der Waals surface area contributed by atoms with E-state index in [4.69, 9.17) is 5.11 Å². The molecule has 4 nitrogen and oxygen atoms in total. The summed E-state index contributed by atoms with van der Waals surface area (Å²) in [7, 11) is 0. The Morgan fingerprint density at radius 3 is 2.57 bits per heavy atom. The second-order valence-electron chi connectivity index (χ2n) is 5.70. The maximum absolute atomic E-state index is 11.7. The predicted molar refractivity (Wildman–Crippen MR) is 84.1 cm³/mol. The van der Waals surface area contributed by atoms with Crippen molar-refractivity contribution in [2.45, 2.75) is 46.1 Å². The molecule has 2 N–H and O–H groups in total. The molecule has 0 saturated heterocycles. The molecule has 0 aliphatic carbocycles. The van der Waals surface area contributed by atoms with E-state index in [0.717, 1.165) is 28.5 Å². The molecule has 0 aliphatic heterocycles. The molecule has 0 aliphatic rings. The van der Waals surface area contributed by atoms with E-state index in [0.29, 0.717) is 18.5 Å². The maximum Gasteiger partial charge on any atom is 0.337 e. The van der Waals surface area contributed by atoms with E-state index in [1.807, 2.05) is 10.8 Å². The summed E-state index contributed by atoms with van der Waals surface area (Å²) in [6.45, 7) is 6.96. The highest BCUT2D eigenvalue weighted by Gasteiger charge is 2.18. The molecule has 2 aromatic rings. The minimum absolute atomic E-state index is 0.105. The van der Waals surface area contributed by atoms with Crippen molar-refractivity contribution < 1.29 is 15.0 Å². The number of carbonyl (C=O) groups is 1. The lowest BCUT2D eigenvalue weighted by Crippen LogP contribution is -2.05. The number of hydrogen-bond acceptors (Lipinski definition) is 2. The highest BCUT2D eigenvalue weighted by molar-refractivity contribution is 6.04. The first-order chi connectivity index (χ1) is 9.99. The lowest BCUT2D eigenvalue weighted by molar-refractivity contribution is 0.0698. The zero-order chi connectivity index (χ0) is 15.6. The summed E-state index contributed by atoms with van der Waals surface area (Å²) in [5.74, 6) is -0.605. The first kappa shape index (κ1) is 15.6. The number of aryl methyl sites for hydroxylation is 2. The van der Waals surface area contributed by atoms with Crippen LogP contribution in [0.5, 0.6) is 0 Å². The number of nitrogens with zero attached hydrogens (tertiary/aromatic N) is 1. The molecule has 1 aromatic carbocycles. The summed E-state index contributed by atoms with van der Waals surface area (Å²) in [4.78, 5) is 11.7.